The van der Waals surface area contributed by atoms with Crippen LogP contribution in [0.5, 0.6) is 17.2 Å². The molecule has 0 bridgehead atoms. The molecule has 164 valence electrons. The van der Waals surface area contributed by atoms with Crippen LogP contribution < -0.4 is 14.2 Å². The monoisotopic (exact) mass is 409 g/mol. The van der Waals surface area contributed by atoms with Crippen LogP contribution >= 0.6 is 0 Å². The Balaban J connectivity index is 2.59. The fraction of sp³-hybridized carbons (Fsp3) is 0.636. The van der Waals surface area contributed by atoms with Crippen molar-refractivity contribution in [3.63, 3.8) is 0 Å². The number of carbonyl (C=O) groups excluding carboxylic acids is 2. The molecule has 0 heterocycles. The summed E-state index contributed by atoms with van der Waals surface area (Å²) >= 11 is 0. The van der Waals surface area contributed by atoms with Crippen molar-refractivity contribution in [3.05, 3.63) is 18.2 Å². The third-order valence-corrected chi connectivity index (χ3v) is 4.29. The van der Waals surface area contributed by atoms with Gasteiger partial charge in [-0.15, -0.1) is 0 Å². The maximum absolute atomic E-state index is 12.7. The Morgan fingerprint density at radius 3 is 2.24 bits per heavy atom. The van der Waals surface area contributed by atoms with Gasteiger partial charge >= 0.3 is 6.09 Å². The van der Waals surface area contributed by atoms with E-state index in [1.54, 1.807) is 32.4 Å². The highest BCUT2D eigenvalue weighted by molar-refractivity contribution is 5.87. The van der Waals surface area contributed by atoms with Crippen molar-refractivity contribution in [2.24, 2.45) is 0 Å². The number of rotatable bonds is 11. The zero-order chi connectivity index (χ0) is 22.0. The first kappa shape index (κ1) is 24.6. The van der Waals surface area contributed by atoms with Crippen molar-refractivity contribution in [2.75, 3.05) is 27.4 Å². The van der Waals surface area contributed by atoms with Crippen molar-refractivity contribution >= 4 is 11.9 Å². The van der Waals surface area contributed by atoms with E-state index >= 15 is 0 Å². The second-order valence-corrected chi connectivity index (χ2v) is 7.63. The highest BCUT2D eigenvalue weighted by atomic mass is 16.6. The van der Waals surface area contributed by atoms with Crippen LogP contribution in [0.3, 0.4) is 0 Å². The molecule has 0 N–H and O–H groups in total. The summed E-state index contributed by atoms with van der Waals surface area (Å²) < 4.78 is 21.6. The van der Waals surface area contributed by atoms with Crippen LogP contribution in [0.15, 0.2) is 18.2 Å². The highest BCUT2D eigenvalue weighted by Crippen LogP contribution is 2.30. The fourth-order valence-corrected chi connectivity index (χ4v) is 2.93. The van der Waals surface area contributed by atoms with Gasteiger partial charge in [-0.3, -0.25) is 9.69 Å². The molecule has 0 radical (unpaired) electrons. The number of carbonyl (C=O) groups is 2. The third-order valence-electron chi connectivity index (χ3n) is 4.29. The van der Waals surface area contributed by atoms with Gasteiger partial charge in [0.25, 0.3) is 0 Å². The zero-order valence-electron chi connectivity index (χ0n) is 18.7. The maximum atomic E-state index is 12.7. The summed E-state index contributed by atoms with van der Waals surface area (Å²) in [5, 5.41) is 0. The number of benzene rings is 1. The van der Waals surface area contributed by atoms with Crippen LogP contribution in [0.1, 0.15) is 53.9 Å². The Kier molecular flexibility index (Phi) is 9.78. The quantitative estimate of drug-likeness (QED) is 0.502. The molecule has 1 amide bonds. The fourth-order valence-electron chi connectivity index (χ4n) is 2.93. The minimum absolute atomic E-state index is 0.0103. The molecule has 0 saturated carbocycles. The number of nitrogens with zero attached hydrogens (tertiary/aromatic N) is 1. The predicted octanol–water partition coefficient (Wildman–Crippen LogP) is 4.47. The number of ether oxygens (including phenoxy) is 4. The van der Waals surface area contributed by atoms with Crippen LogP contribution in [-0.2, 0) is 9.53 Å². The molecule has 0 aliphatic carbocycles. The molecule has 0 saturated heterocycles. The molecule has 0 aliphatic rings. The van der Waals surface area contributed by atoms with Gasteiger partial charge in [-0.05, 0) is 52.7 Å². The Hall–Kier alpha value is -2.44. The largest absolute Gasteiger partial charge is 0.493 e. The molecule has 29 heavy (non-hydrogen) atoms. The van der Waals surface area contributed by atoms with E-state index in [1.165, 1.54) is 4.90 Å². The van der Waals surface area contributed by atoms with Crippen molar-refractivity contribution in [1.29, 1.82) is 0 Å². The number of methoxy groups -OCH3 is 2. The van der Waals surface area contributed by atoms with Gasteiger partial charge in [0.2, 0.25) is 0 Å². The minimum atomic E-state index is -0.598. The van der Waals surface area contributed by atoms with E-state index in [4.69, 9.17) is 18.9 Å². The second-order valence-electron chi connectivity index (χ2n) is 7.63. The SMILES string of the molecule is CC[C@@H](C(=O)CCCOc1ccc(OC)c(OC)c1)N(CC)C(=O)OC(C)(C)C. The van der Waals surface area contributed by atoms with Gasteiger partial charge in [-0.2, -0.15) is 0 Å². The topological polar surface area (TPSA) is 74.3 Å². The summed E-state index contributed by atoms with van der Waals surface area (Å²) in [6.07, 6.45) is 0.963. The van der Waals surface area contributed by atoms with Gasteiger partial charge in [0.1, 0.15) is 11.4 Å². The molecule has 7 nitrogen and oxygen atoms in total. The number of hydrogen-bond acceptors (Lipinski definition) is 6. The first-order valence-corrected chi connectivity index (χ1v) is 10.0. The van der Waals surface area contributed by atoms with Gasteiger partial charge in [-0.25, -0.2) is 4.79 Å². The first-order valence-electron chi connectivity index (χ1n) is 10.0. The molecular formula is C22H35NO6. The molecule has 7 heteroatoms. The molecule has 1 atom stereocenters. The zero-order valence-corrected chi connectivity index (χ0v) is 18.7. The minimum Gasteiger partial charge on any atom is -0.493 e. The average molecular weight is 410 g/mol. The van der Waals surface area contributed by atoms with Gasteiger partial charge in [0, 0.05) is 19.0 Å². The lowest BCUT2D eigenvalue weighted by Gasteiger charge is -2.31. The van der Waals surface area contributed by atoms with Crippen LogP contribution in [-0.4, -0.2) is 55.8 Å². The van der Waals surface area contributed by atoms with Gasteiger partial charge in [-0.1, -0.05) is 6.92 Å². The molecule has 1 aromatic carbocycles. The molecule has 0 spiro atoms. The first-order chi connectivity index (χ1) is 13.7. The number of likely N-dealkylation sites (N-methyl/N-ethyl adjacent to an activating group) is 1. The standard InChI is InChI=1S/C22H35NO6/c1-8-17(23(9-2)21(25)29-22(3,4)5)18(24)11-10-14-28-16-12-13-19(26-6)20(15-16)27-7/h12-13,15,17H,8-11,14H2,1-7H3/t17-/m0/s1. The van der Waals surface area contributed by atoms with Crippen LogP contribution in [0, 0.1) is 0 Å². The van der Waals surface area contributed by atoms with Crippen molar-refractivity contribution in [3.8, 4) is 17.2 Å². The lowest BCUT2D eigenvalue weighted by molar-refractivity contribution is -0.124. The number of ketones is 1. The Morgan fingerprint density at radius 1 is 1.07 bits per heavy atom. The molecule has 0 unspecified atom stereocenters. The molecular weight excluding hydrogens is 374 g/mol. The summed E-state index contributed by atoms with van der Waals surface area (Å²) in [5.41, 5.74) is -0.598. The lowest BCUT2D eigenvalue weighted by atomic mass is 10.0. The number of Topliss-reactive ketones (excluding diaryl/α,β-unsaturated/α-hetero) is 1. The summed E-state index contributed by atoms with van der Waals surface area (Å²) in [6.45, 7) is 9.99. The predicted molar refractivity (Wildman–Crippen MR) is 112 cm³/mol. The summed E-state index contributed by atoms with van der Waals surface area (Å²) in [6, 6.07) is 4.82. The van der Waals surface area contributed by atoms with E-state index in [0.29, 0.717) is 49.7 Å². The van der Waals surface area contributed by atoms with Gasteiger partial charge in [0.05, 0.1) is 26.9 Å². The van der Waals surface area contributed by atoms with E-state index in [9.17, 15) is 9.59 Å². The molecule has 0 aromatic heterocycles. The average Bonchev–Trinajstić information content (AvgIpc) is 2.67. The summed E-state index contributed by atoms with van der Waals surface area (Å²) in [7, 11) is 3.14. The molecule has 1 aromatic rings. The number of hydrogen-bond donors (Lipinski definition) is 0. The Morgan fingerprint density at radius 2 is 1.72 bits per heavy atom. The smallest absolute Gasteiger partial charge is 0.410 e. The van der Waals surface area contributed by atoms with E-state index < -0.39 is 17.7 Å². The third kappa shape index (κ3) is 7.83. The molecule has 1 rings (SSSR count). The summed E-state index contributed by atoms with van der Waals surface area (Å²) in [4.78, 5) is 26.6. The Labute approximate surface area is 174 Å². The normalized spacial score (nSPS) is 12.1. The second kappa shape index (κ2) is 11.5. The Bertz CT molecular complexity index is 668. The van der Waals surface area contributed by atoms with E-state index in [-0.39, 0.29) is 5.78 Å². The van der Waals surface area contributed by atoms with E-state index in [0.717, 1.165) is 0 Å². The lowest BCUT2D eigenvalue weighted by Crippen LogP contribution is -2.46. The van der Waals surface area contributed by atoms with Crippen LogP contribution in [0.4, 0.5) is 4.79 Å². The van der Waals surface area contributed by atoms with Crippen molar-refractivity contribution in [1.82, 2.24) is 4.90 Å². The molecule has 0 fully saturated rings. The van der Waals surface area contributed by atoms with E-state index in [2.05, 4.69) is 0 Å². The molecule has 0 aliphatic heterocycles. The number of amides is 1. The van der Waals surface area contributed by atoms with E-state index in [1.807, 2.05) is 34.6 Å². The van der Waals surface area contributed by atoms with Crippen molar-refractivity contribution < 1.29 is 28.5 Å². The van der Waals surface area contributed by atoms with Gasteiger partial charge in [0.15, 0.2) is 17.3 Å². The van der Waals surface area contributed by atoms with Crippen molar-refractivity contribution in [2.45, 2.75) is 65.5 Å². The van der Waals surface area contributed by atoms with Crippen LogP contribution in [0.2, 0.25) is 0 Å². The highest BCUT2D eigenvalue weighted by Gasteiger charge is 2.30. The van der Waals surface area contributed by atoms with Gasteiger partial charge < -0.3 is 18.9 Å². The van der Waals surface area contributed by atoms with Crippen LogP contribution in [0.25, 0.3) is 0 Å². The summed E-state index contributed by atoms with van der Waals surface area (Å²) in [5.74, 6) is 1.87. The maximum Gasteiger partial charge on any atom is 0.410 e.